The van der Waals surface area contributed by atoms with Gasteiger partial charge in [-0.05, 0) is 24.5 Å². The molecular weight excluding hydrogens is 228 g/mol. The Labute approximate surface area is 106 Å². The fourth-order valence-electron chi connectivity index (χ4n) is 1.95. The van der Waals surface area contributed by atoms with Crippen molar-refractivity contribution in [3.05, 3.63) is 46.8 Å². The van der Waals surface area contributed by atoms with Crippen LogP contribution < -0.4 is 5.73 Å². The van der Waals surface area contributed by atoms with Crippen molar-refractivity contribution < 1.29 is 4.79 Å². The lowest BCUT2D eigenvalue weighted by Crippen LogP contribution is -2.15. The third kappa shape index (κ3) is 2.25. The van der Waals surface area contributed by atoms with Gasteiger partial charge in [-0.15, -0.1) is 5.10 Å². The van der Waals surface area contributed by atoms with Crippen LogP contribution in [0.15, 0.2) is 24.3 Å². The molecule has 0 saturated carbocycles. The Morgan fingerprint density at radius 3 is 2.72 bits per heavy atom. The molecule has 0 aliphatic carbocycles. The Morgan fingerprint density at radius 1 is 1.39 bits per heavy atom. The van der Waals surface area contributed by atoms with Crippen LogP contribution in [0.4, 0.5) is 0 Å². The molecule has 1 heterocycles. The molecule has 5 heteroatoms. The van der Waals surface area contributed by atoms with Gasteiger partial charge in [-0.3, -0.25) is 4.79 Å². The van der Waals surface area contributed by atoms with Gasteiger partial charge in [-0.2, -0.15) is 0 Å². The van der Waals surface area contributed by atoms with Crippen LogP contribution in [0.2, 0.25) is 0 Å². The number of amides is 1. The summed E-state index contributed by atoms with van der Waals surface area (Å²) >= 11 is 0. The van der Waals surface area contributed by atoms with Gasteiger partial charge < -0.3 is 5.73 Å². The zero-order chi connectivity index (χ0) is 13.1. The molecule has 2 aromatic rings. The predicted molar refractivity (Wildman–Crippen MR) is 68.2 cm³/mol. The van der Waals surface area contributed by atoms with Gasteiger partial charge in [0.05, 0.1) is 12.2 Å². The summed E-state index contributed by atoms with van der Waals surface area (Å²) in [5.41, 5.74) is 8.68. The van der Waals surface area contributed by atoms with Crippen molar-refractivity contribution in [2.45, 2.75) is 26.8 Å². The first kappa shape index (κ1) is 12.3. The minimum absolute atomic E-state index is 0.270. The minimum Gasteiger partial charge on any atom is -0.364 e. The number of primary amides is 1. The normalized spacial score (nSPS) is 10.6. The van der Waals surface area contributed by atoms with E-state index in [1.54, 1.807) is 4.68 Å². The fraction of sp³-hybridized carbons (Fsp3) is 0.308. The first-order valence-corrected chi connectivity index (χ1v) is 5.90. The number of nitrogens with two attached hydrogens (primary N) is 1. The van der Waals surface area contributed by atoms with E-state index >= 15 is 0 Å². The molecule has 0 unspecified atom stereocenters. The van der Waals surface area contributed by atoms with Crippen LogP contribution in [0.1, 0.15) is 34.2 Å². The van der Waals surface area contributed by atoms with Gasteiger partial charge in [0.1, 0.15) is 0 Å². The van der Waals surface area contributed by atoms with Gasteiger partial charge in [0.25, 0.3) is 5.91 Å². The maximum atomic E-state index is 11.2. The van der Waals surface area contributed by atoms with Gasteiger partial charge in [-0.1, -0.05) is 36.4 Å². The minimum atomic E-state index is -0.525. The second-order valence-corrected chi connectivity index (χ2v) is 4.19. The Kier molecular flexibility index (Phi) is 3.41. The van der Waals surface area contributed by atoms with E-state index < -0.39 is 5.91 Å². The van der Waals surface area contributed by atoms with Crippen molar-refractivity contribution in [3.8, 4) is 0 Å². The second-order valence-electron chi connectivity index (χ2n) is 4.19. The fourth-order valence-corrected chi connectivity index (χ4v) is 1.95. The number of carbonyl (C=O) groups excluding carboxylic acids is 1. The number of aryl methyl sites for hydroxylation is 1. The number of benzene rings is 1. The number of hydrogen-bond acceptors (Lipinski definition) is 3. The number of rotatable bonds is 4. The van der Waals surface area contributed by atoms with Crippen LogP contribution >= 0.6 is 0 Å². The summed E-state index contributed by atoms with van der Waals surface area (Å²) in [5.74, 6) is -0.525. The molecule has 1 amide bonds. The maximum absolute atomic E-state index is 11.2. The zero-order valence-corrected chi connectivity index (χ0v) is 10.6. The lowest BCUT2D eigenvalue weighted by Gasteiger charge is -2.07. The van der Waals surface area contributed by atoms with Crippen LogP contribution in [-0.4, -0.2) is 20.9 Å². The van der Waals surface area contributed by atoms with Crippen molar-refractivity contribution in [2.24, 2.45) is 5.73 Å². The third-order valence-electron chi connectivity index (χ3n) is 2.99. The van der Waals surface area contributed by atoms with E-state index in [-0.39, 0.29) is 5.69 Å². The highest BCUT2D eigenvalue weighted by molar-refractivity contribution is 5.91. The molecule has 1 aromatic heterocycles. The highest BCUT2D eigenvalue weighted by Crippen LogP contribution is 2.12. The summed E-state index contributed by atoms with van der Waals surface area (Å²) in [4.78, 5) is 11.2. The molecule has 18 heavy (non-hydrogen) atoms. The Balaban J connectivity index is 2.35. The van der Waals surface area contributed by atoms with Crippen LogP contribution in [-0.2, 0) is 13.0 Å². The van der Waals surface area contributed by atoms with E-state index in [0.717, 1.165) is 11.3 Å². The molecule has 1 aromatic carbocycles. The predicted octanol–water partition coefficient (Wildman–Crippen LogP) is 1.30. The second kappa shape index (κ2) is 5.00. The smallest absolute Gasteiger partial charge is 0.271 e. The summed E-state index contributed by atoms with van der Waals surface area (Å²) in [6.07, 6.45) is 0.678. The van der Waals surface area contributed by atoms with Crippen LogP contribution in [0.25, 0.3) is 0 Å². The van der Waals surface area contributed by atoms with Crippen molar-refractivity contribution in [2.75, 3.05) is 0 Å². The standard InChI is InChI=1S/C13H16N4O/c1-3-11-12(13(14)18)15-16-17(11)8-10-7-5-4-6-9(10)2/h4-7H,3,8H2,1-2H3,(H2,14,18). The van der Waals surface area contributed by atoms with Crippen molar-refractivity contribution in [1.29, 1.82) is 0 Å². The molecule has 0 spiro atoms. The Hall–Kier alpha value is -2.17. The molecule has 0 atom stereocenters. The molecular formula is C13H16N4O. The van der Waals surface area contributed by atoms with Crippen molar-refractivity contribution in [3.63, 3.8) is 0 Å². The summed E-state index contributed by atoms with van der Waals surface area (Å²) in [6.45, 7) is 4.61. The number of hydrogen-bond donors (Lipinski definition) is 1. The molecule has 0 bridgehead atoms. The number of nitrogens with zero attached hydrogens (tertiary/aromatic N) is 3. The largest absolute Gasteiger partial charge is 0.364 e. The quantitative estimate of drug-likeness (QED) is 0.880. The van der Waals surface area contributed by atoms with E-state index in [1.165, 1.54) is 5.56 Å². The lowest BCUT2D eigenvalue weighted by atomic mass is 10.1. The van der Waals surface area contributed by atoms with E-state index in [9.17, 15) is 4.79 Å². The molecule has 0 radical (unpaired) electrons. The van der Waals surface area contributed by atoms with Gasteiger partial charge in [0.2, 0.25) is 0 Å². The SMILES string of the molecule is CCc1c(C(N)=O)nnn1Cc1ccccc1C. The summed E-state index contributed by atoms with van der Waals surface area (Å²) in [7, 11) is 0. The molecule has 2 N–H and O–H groups in total. The first-order chi connectivity index (χ1) is 8.63. The molecule has 5 nitrogen and oxygen atoms in total. The van der Waals surface area contributed by atoms with Gasteiger partial charge in [0.15, 0.2) is 5.69 Å². The van der Waals surface area contributed by atoms with E-state index in [4.69, 9.17) is 5.73 Å². The van der Waals surface area contributed by atoms with Gasteiger partial charge >= 0.3 is 0 Å². The molecule has 0 fully saturated rings. The maximum Gasteiger partial charge on any atom is 0.271 e. The van der Waals surface area contributed by atoms with Crippen LogP contribution in [0, 0.1) is 6.92 Å². The Morgan fingerprint density at radius 2 is 2.11 bits per heavy atom. The van der Waals surface area contributed by atoms with Crippen LogP contribution in [0.3, 0.4) is 0 Å². The molecule has 0 aliphatic heterocycles. The van der Waals surface area contributed by atoms with Crippen LogP contribution in [0.5, 0.6) is 0 Å². The van der Waals surface area contributed by atoms with Crippen molar-refractivity contribution >= 4 is 5.91 Å². The number of carbonyl (C=O) groups is 1. The third-order valence-corrected chi connectivity index (χ3v) is 2.99. The van der Waals surface area contributed by atoms with Gasteiger partial charge in [0, 0.05) is 0 Å². The molecule has 2 rings (SSSR count). The summed E-state index contributed by atoms with van der Waals surface area (Å²) < 4.78 is 1.74. The summed E-state index contributed by atoms with van der Waals surface area (Å²) in [6, 6.07) is 8.07. The highest BCUT2D eigenvalue weighted by Gasteiger charge is 2.15. The highest BCUT2D eigenvalue weighted by atomic mass is 16.1. The molecule has 0 saturated heterocycles. The lowest BCUT2D eigenvalue weighted by molar-refractivity contribution is 0.0994. The molecule has 94 valence electrons. The molecule has 0 aliphatic rings. The van der Waals surface area contributed by atoms with Crippen molar-refractivity contribution in [1.82, 2.24) is 15.0 Å². The zero-order valence-electron chi connectivity index (χ0n) is 10.6. The first-order valence-electron chi connectivity index (χ1n) is 5.90. The Bertz CT molecular complexity index is 574. The van der Waals surface area contributed by atoms with Gasteiger partial charge in [-0.25, -0.2) is 4.68 Å². The van der Waals surface area contributed by atoms with E-state index in [2.05, 4.69) is 10.3 Å². The summed E-state index contributed by atoms with van der Waals surface area (Å²) in [5, 5.41) is 7.86. The number of aromatic nitrogens is 3. The topological polar surface area (TPSA) is 73.8 Å². The average Bonchev–Trinajstić information content (AvgIpc) is 2.75. The monoisotopic (exact) mass is 244 g/mol. The van der Waals surface area contributed by atoms with E-state index in [1.807, 2.05) is 38.1 Å². The average molecular weight is 244 g/mol. The van der Waals surface area contributed by atoms with E-state index in [0.29, 0.717) is 13.0 Å².